The minimum Gasteiger partial charge on any atom is -0.356 e. The van der Waals surface area contributed by atoms with E-state index in [1.54, 1.807) is 12.1 Å². The summed E-state index contributed by atoms with van der Waals surface area (Å²) >= 11 is 3.67. The number of benzene rings is 3. The van der Waals surface area contributed by atoms with Crippen molar-refractivity contribution in [2.75, 3.05) is 13.9 Å². The number of ketones is 1. The Bertz CT molecular complexity index is 964. The summed E-state index contributed by atoms with van der Waals surface area (Å²) in [7, 11) is 1.50. The first-order valence-corrected chi connectivity index (χ1v) is 10.1. The van der Waals surface area contributed by atoms with Gasteiger partial charge in [-0.15, -0.1) is 0 Å². The fourth-order valence-corrected chi connectivity index (χ4v) is 4.68. The number of Topliss-reactive ketones (excluding diaryl/α,β-unsaturated/α-hetero) is 1. The van der Waals surface area contributed by atoms with Gasteiger partial charge in [0.15, 0.2) is 5.60 Å². The largest absolute Gasteiger partial charge is 0.356 e. The van der Waals surface area contributed by atoms with E-state index < -0.39 is 16.2 Å². The molecule has 0 bridgehead atoms. The molecular formula is C24H21BrO4. The summed E-state index contributed by atoms with van der Waals surface area (Å²) in [6.45, 7) is 0.0350. The molecule has 4 rings (SSSR count). The summed E-state index contributed by atoms with van der Waals surface area (Å²) < 4.78 is 16.7. The summed E-state index contributed by atoms with van der Waals surface area (Å²) in [6.07, 6.45) is -0.557. The van der Waals surface area contributed by atoms with Crippen LogP contribution in [0.15, 0.2) is 91.0 Å². The first-order valence-electron chi connectivity index (χ1n) is 9.33. The number of alkyl halides is 1. The Balaban J connectivity index is 1.94. The standard InChI is InChI=1S/C24H21BrO4/c1-27-24(25,21(26)18-11-5-2-6-12-18)23(20-15-9-4-10-16-20)22(28-17-29-23)19-13-7-3-8-14-19/h2-16,22H,17H2,1H3. The van der Waals surface area contributed by atoms with Gasteiger partial charge in [-0.05, 0) is 27.1 Å². The van der Waals surface area contributed by atoms with Crippen molar-refractivity contribution >= 4 is 21.7 Å². The molecule has 3 atom stereocenters. The van der Waals surface area contributed by atoms with Gasteiger partial charge in [-0.1, -0.05) is 91.0 Å². The smallest absolute Gasteiger partial charge is 0.221 e. The van der Waals surface area contributed by atoms with E-state index in [0.717, 1.165) is 11.1 Å². The second-order valence-electron chi connectivity index (χ2n) is 6.82. The van der Waals surface area contributed by atoms with Gasteiger partial charge in [0.1, 0.15) is 12.9 Å². The maximum absolute atomic E-state index is 13.7. The normalized spacial score (nSPS) is 23.4. The fourth-order valence-electron chi connectivity index (χ4n) is 3.90. The molecule has 5 heteroatoms. The van der Waals surface area contributed by atoms with E-state index in [-0.39, 0.29) is 12.6 Å². The lowest BCUT2D eigenvalue weighted by atomic mass is 9.77. The summed E-state index contributed by atoms with van der Waals surface area (Å²) in [4.78, 5) is 13.7. The van der Waals surface area contributed by atoms with Crippen molar-refractivity contribution < 1.29 is 19.0 Å². The van der Waals surface area contributed by atoms with Gasteiger partial charge in [0, 0.05) is 12.7 Å². The Labute approximate surface area is 178 Å². The minimum absolute atomic E-state index is 0.0350. The quantitative estimate of drug-likeness (QED) is 0.378. The van der Waals surface area contributed by atoms with Gasteiger partial charge in [-0.3, -0.25) is 4.79 Å². The van der Waals surface area contributed by atoms with Crippen molar-refractivity contribution in [3.63, 3.8) is 0 Å². The predicted molar refractivity (Wildman–Crippen MR) is 114 cm³/mol. The lowest BCUT2D eigenvalue weighted by Gasteiger charge is -2.44. The van der Waals surface area contributed by atoms with Crippen LogP contribution in [0.4, 0.5) is 0 Å². The fraction of sp³-hybridized carbons (Fsp3) is 0.208. The summed E-state index contributed by atoms with van der Waals surface area (Å²) in [5, 5.41) is 0. The van der Waals surface area contributed by atoms with Crippen LogP contribution in [0.5, 0.6) is 0 Å². The van der Waals surface area contributed by atoms with Crippen molar-refractivity contribution in [3.8, 4) is 0 Å². The topological polar surface area (TPSA) is 44.8 Å². The van der Waals surface area contributed by atoms with Crippen molar-refractivity contribution in [2.24, 2.45) is 0 Å². The van der Waals surface area contributed by atoms with Gasteiger partial charge in [0.2, 0.25) is 10.3 Å². The number of carbonyl (C=O) groups is 1. The van der Waals surface area contributed by atoms with E-state index in [1.165, 1.54) is 7.11 Å². The SMILES string of the molecule is COC(Br)(C(=O)c1ccccc1)C1(c2ccccc2)OCOC1c1ccccc1. The maximum atomic E-state index is 13.7. The number of carbonyl (C=O) groups excluding carboxylic acids is 1. The van der Waals surface area contributed by atoms with Gasteiger partial charge in [-0.2, -0.15) is 0 Å². The average molecular weight is 453 g/mol. The molecule has 1 saturated heterocycles. The van der Waals surface area contributed by atoms with E-state index in [1.807, 2.05) is 78.9 Å². The van der Waals surface area contributed by atoms with Crippen LogP contribution in [0.25, 0.3) is 0 Å². The third-order valence-corrected chi connectivity index (χ3v) is 6.56. The van der Waals surface area contributed by atoms with E-state index in [2.05, 4.69) is 15.9 Å². The number of hydrogen-bond acceptors (Lipinski definition) is 4. The van der Waals surface area contributed by atoms with Crippen molar-refractivity contribution in [2.45, 2.75) is 16.2 Å². The Hall–Kier alpha value is -2.31. The molecule has 1 fully saturated rings. The zero-order valence-electron chi connectivity index (χ0n) is 16.0. The van der Waals surface area contributed by atoms with Crippen molar-refractivity contribution in [1.82, 2.24) is 0 Å². The van der Waals surface area contributed by atoms with E-state index >= 15 is 0 Å². The van der Waals surface area contributed by atoms with Crippen LogP contribution >= 0.6 is 15.9 Å². The monoisotopic (exact) mass is 452 g/mol. The van der Waals surface area contributed by atoms with E-state index in [9.17, 15) is 4.79 Å². The van der Waals surface area contributed by atoms with Crippen LogP contribution in [-0.4, -0.2) is 24.2 Å². The molecule has 3 aromatic carbocycles. The van der Waals surface area contributed by atoms with Gasteiger partial charge >= 0.3 is 0 Å². The van der Waals surface area contributed by atoms with Crippen LogP contribution in [0.1, 0.15) is 27.6 Å². The number of halogens is 1. The van der Waals surface area contributed by atoms with Crippen LogP contribution in [0.3, 0.4) is 0 Å². The Morgan fingerprint density at radius 3 is 2.10 bits per heavy atom. The first-order chi connectivity index (χ1) is 14.1. The molecule has 3 unspecified atom stereocenters. The Morgan fingerprint density at radius 1 is 0.966 bits per heavy atom. The highest BCUT2D eigenvalue weighted by atomic mass is 79.9. The van der Waals surface area contributed by atoms with Crippen molar-refractivity contribution in [3.05, 3.63) is 108 Å². The van der Waals surface area contributed by atoms with E-state index in [4.69, 9.17) is 14.2 Å². The van der Waals surface area contributed by atoms with Gasteiger partial charge < -0.3 is 14.2 Å². The molecule has 1 aliphatic rings. The van der Waals surface area contributed by atoms with Crippen molar-refractivity contribution in [1.29, 1.82) is 0 Å². The zero-order valence-corrected chi connectivity index (χ0v) is 17.5. The average Bonchev–Trinajstić information content (AvgIpc) is 3.26. The summed E-state index contributed by atoms with van der Waals surface area (Å²) in [5.41, 5.74) is 0.964. The summed E-state index contributed by atoms with van der Waals surface area (Å²) in [6, 6.07) is 28.4. The molecule has 1 aliphatic heterocycles. The molecule has 148 valence electrons. The molecule has 0 radical (unpaired) electrons. The molecule has 0 amide bonds. The van der Waals surface area contributed by atoms with Crippen LogP contribution in [0, 0.1) is 0 Å². The number of ether oxygens (including phenoxy) is 3. The highest BCUT2D eigenvalue weighted by Crippen LogP contribution is 2.56. The molecular weight excluding hydrogens is 432 g/mol. The highest BCUT2D eigenvalue weighted by molar-refractivity contribution is 9.10. The maximum Gasteiger partial charge on any atom is 0.221 e. The Kier molecular flexibility index (Phi) is 5.65. The molecule has 0 saturated carbocycles. The lowest BCUT2D eigenvalue weighted by Crippen LogP contribution is -2.56. The first kappa shape index (κ1) is 20.0. The molecule has 0 N–H and O–H groups in total. The highest BCUT2D eigenvalue weighted by Gasteiger charge is 2.65. The summed E-state index contributed by atoms with van der Waals surface area (Å²) in [5.74, 6) is -0.240. The lowest BCUT2D eigenvalue weighted by molar-refractivity contribution is -0.116. The molecule has 1 heterocycles. The van der Waals surface area contributed by atoms with Crippen LogP contribution in [-0.2, 0) is 19.8 Å². The van der Waals surface area contributed by atoms with Gasteiger partial charge in [-0.25, -0.2) is 0 Å². The molecule has 3 aromatic rings. The zero-order chi connectivity index (χ0) is 20.3. The second-order valence-corrected chi connectivity index (χ2v) is 7.93. The van der Waals surface area contributed by atoms with E-state index in [0.29, 0.717) is 5.56 Å². The third kappa shape index (κ3) is 3.24. The van der Waals surface area contributed by atoms with Crippen LogP contribution < -0.4 is 0 Å². The molecule has 0 spiro atoms. The predicted octanol–water partition coefficient (Wildman–Crippen LogP) is 5.25. The van der Waals surface area contributed by atoms with Crippen LogP contribution in [0.2, 0.25) is 0 Å². The molecule has 4 nitrogen and oxygen atoms in total. The van der Waals surface area contributed by atoms with Gasteiger partial charge in [0.25, 0.3) is 0 Å². The number of methoxy groups -OCH3 is 1. The van der Waals surface area contributed by atoms with Gasteiger partial charge in [0.05, 0.1) is 0 Å². The second kappa shape index (κ2) is 8.20. The Morgan fingerprint density at radius 2 is 1.52 bits per heavy atom. The molecule has 0 aliphatic carbocycles. The third-order valence-electron chi connectivity index (χ3n) is 5.28. The molecule has 29 heavy (non-hydrogen) atoms. The number of rotatable bonds is 6. The molecule has 0 aromatic heterocycles. The minimum atomic E-state index is -1.51. The number of hydrogen-bond donors (Lipinski definition) is 0.